The summed E-state index contributed by atoms with van der Waals surface area (Å²) in [4.78, 5) is 5.06. The molecule has 0 fully saturated rings. The molecule has 0 aliphatic rings. The van der Waals surface area contributed by atoms with E-state index in [0.717, 1.165) is 23.5 Å². The minimum Gasteiger partial charge on any atom is -0.384 e. The maximum atomic E-state index is 12.1. The smallest absolute Gasteiger partial charge is 0.272 e. The largest absolute Gasteiger partial charge is 0.384 e. The van der Waals surface area contributed by atoms with E-state index in [4.69, 9.17) is 0 Å². The zero-order valence-electron chi connectivity index (χ0n) is 11.4. The fourth-order valence-corrected chi connectivity index (χ4v) is 3.86. The van der Waals surface area contributed by atoms with Crippen LogP contribution in [0.25, 0.3) is 0 Å². The molecule has 0 aliphatic heterocycles. The number of aromatic nitrogens is 1. The number of aryl methyl sites for hydroxylation is 1. The van der Waals surface area contributed by atoms with Crippen molar-refractivity contribution in [2.45, 2.75) is 24.5 Å². The summed E-state index contributed by atoms with van der Waals surface area (Å²) in [5, 5.41) is 3.18. The molecule has 0 unspecified atom stereocenters. The first kappa shape index (κ1) is 14.8. The minimum atomic E-state index is -3.54. The predicted octanol–water partition coefficient (Wildman–Crippen LogP) is 3.07. The second-order valence-corrected chi connectivity index (χ2v) is 7.53. The molecular formula is C13H17N3O2S2. The Bertz CT molecular complexity index is 663. The Balaban J connectivity index is 2.09. The van der Waals surface area contributed by atoms with E-state index in [-0.39, 0.29) is 0 Å². The van der Waals surface area contributed by atoms with E-state index in [0.29, 0.717) is 10.0 Å². The number of hydrogen-bond donors (Lipinski definition) is 2. The fraction of sp³-hybridized carbons (Fsp3) is 0.308. The third-order valence-electron chi connectivity index (χ3n) is 2.56. The average molecular weight is 311 g/mol. The quantitative estimate of drug-likeness (QED) is 0.860. The van der Waals surface area contributed by atoms with Crippen molar-refractivity contribution < 1.29 is 8.42 Å². The Morgan fingerprint density at radius 1 is 1.25 bits per heavy atom. The molecule has 2 heterocycles. The molecule has 2 N–H and O–H groups in total. The summed E-state index contributed by atoms with van der Waals surface area (Å²) in [6.07, 6.45) is 2.64. The SMILES string of the molecule is CCCNc1ccc(NS(=O)(=O)c2ccc(C)s2)nc1. The van der Waals surface area contributed by atoms with Crippen LogP contribution in [0.5, 0.6) is 0 Å². The van der Waals surface area contributed by atoms with Gasteiger partial charge in [-0.1, -0.05) is 6.92 Å². The van der Waals surface area contributed by atoms with Crippen molar-refractivity contribution in [3.8, 4) is 0 Å². The number of hydrogen-bond acceptors (Lipinski definition) is 5. The Hall–Kier alpha value is -1.60. The van der Waals surface area contributed by atoms with E-state index in [1.807, 2.05) is 6.92 Å². The molecule has 0 radical (unpaired) electrons. The molecular weight excluding hydrogens is 294 g/mol. The van der Waals surface area contributed by atoms with Crippen LogP contribution in [0.4, 0.5) is 11.5 Å². The van der Waals surface area contributed by atoms with E-state index < -0.39 is 10.0 Å². The molecule has 2 rings (SSSR count). The molecule has 0 bridgehead atoms. The molecule has 2 aromatic rings. The second-order valence-electron chi connectivity index (χ2n) is 4.33. The van der Waals surface area contributed by atoms with Crippen LogP contribution >= 0.6 is 11.3 Å². The molecule has 0 atom stereocenters. The first-order valence-corrected chi connectivity index (χ1v) is 8.60. The highest BCUT2D eigenvalue weighted by Gasteiger charge is 2.16. The van der Waals surface area contributed by atoms with Gasteiger partial charge in [0.1, 0.15) is 10.0 Å². The highest BCUT2D eigenvalue weighted by molar-refractivity contribution is 7.94. The molecule has 5 nitrogen and oxygen atoms in total. The van der Waals surface area contributed by atoms with Crippen molar-refractivity contribution in [1.82, 2.24) is 4.98 Å². The van der Waals surface area contributed by atoms with Crippen LogP contribution in [0.1, 0.15) is 18.2 Å². The minimum absolute atomic E-state index is 0.296. The van der Waals surface area contributed by atoms with Crippen molar-refractivity contribution in [3.63, 3.8) is 0 Å². The van der Waals surface area contributed by atoms with Crippen LogP contribution in [0.2, 0.25) is 0 Å². The zero-order chi connectivity index (χ0) is 14.6. The lowest BCUT2D eigenvalue weighted by molar-refractivity contribution is 0.603. The highest BCUT2D eigenvalue weighted by Crippen LogP contribution is 2.23. The van der Waals surface area contributed by atoms with Gasteiger partial charge in [0, 0.05) is 11.4 Å². The van der Waals surface area contributed by atoms with Gasteiger partial charge in [-0.2, -0.15) is 0 Å². The molecule has 0 aromatic carbocycles. The first-order valence-electron chi connectivity index (χ1n) is 6.30. The normalized spacial score (nSPS) is 11.3. The molecule has 0 aliphatic carbocycles. The summed E-state index contributed by atoms with van der Waals surface area (Å²) in [7, 11) is -3.54. The van der Waals surface area contributed by atoms with Gasteiger partial charge >= 0.3 is 0 Å². The number of pyridine rings is 1. The lowest BCUT2D eigenvalue weighted by Crippen LogP contribution is -2.12. The number of nitrogens with zero attached hydrogens (tertiary/aromatic N) is 1. The van der Waals surface area contributed by atoms with Gasteiger partial charge in [0.05, 0.1) is 11.9 Å². The van der Waals surface area contributed by atoms with Crippen LogP contribution in [0.15, 0.2) is 34.7 Å². The Morgan fingerprint density at radius 3 is 2.60 bits per heavy atom. The monoisotopic (exact) mass is 311 g/mol. The maximum absolute atomic E-state index is 12.1. The summed E-state index contributed by atoms with van der Waals surface area (Å²) in [5.41, 5.74) is 0.877. The van der Waals surface area contributed by atoms with E-state index in [9.17, 15) is 8.42 Å². The molecule has 0 saturated heterocycles. The van der Waals surface area contributed by atoms with Gasteiger partial charge < -0.3 is 5.32 Å². The van der Waals surface area contributed by atoms with Gasteiger partial charge in [0.15, 0.2) is 0 Å². The number of sulfonamides is 1. The molecule has 7 heteroatoms. The summed E-state index contributed by atoms with van der Waals surface area (Å²) in [6.45, 7) is 4.81. The molecule has 0 spiro atoms. The Kier molecular flexibility index (Phi) is 4.61. The van der Waals surface area contributed by atoms with E-state index in [1.54, 1.807) is 30.5 Å². The Morgan fingerprint density at radius 2 is 2.05 bits per heavy atom. The van der Waals surface area contributed by atoms with Crippen molar-refractivity contribution in [2.24, 2.45) is 0 Å². The number of rotatable bonds is 6. The molecule has 0 saturated carbocycles. The van der Waals surface area contributed by atoms with Crippen LogP contribution in [0, 0.1) is 6.92 Å². The summed E-state index contributed by atoms with van der Waals surface area (Å²) < 4.78 is 27.0. The number of anilines is 2. The zero-order valence-corrected chi connectivity index (χ0v) is 13.0. The second kappa shape index (κ2) is 6.23. The molecule has 108 valence electrons. The van der Waals surface area contributed by atoms with Gasteiger partial charge in [0.25, 0.3) is 10.0 Å². The van der Waals surface area contributed by atoms with E-state index in [2.05, 4.69) is 21.9 Å². The van der Waals surface area contributed by atoms with Crippen molar-refractivity contribution in [1.29, 1.82) is 0 Å². The van der Waals surface area contributed by atoms with Crippen LogP contribution in [0.3, 0.4) is 0 Å². The Labute approximate surface area is 123 Å². The van der Waals surface area contributed by atoms with Gasteiger partial charge in [-0.3, -0.25) is 4.72 Å². The highest BCUT2D eigenvalue weighted by atomic mass is 32.2. The summed E-state index contributed by atoms with van der Waals surface area (Å²) >= 11 is 1.24. The van der Waals surface area contributed by atoms with Gasteiger partial charge in [0.2, 0.25) is 0 Å². The number of thiophene rings is 1. The standard InChI is InChI=1S/C13H17N3O2S2/c1-3-8-14-11-5-6-12(15-9-11)16-20(17,18)13-7-4-10(2)19-13/h4-7,9,14H,3,8H2,1-2H3,(H,15,16). The summed E-state index contributed by atoms with van der Waals surface area (Å²) in [6, 6.07) is 6.83. The van der Waals surface area contributed by atoms with Crippen LogP contribution in [-0.2, 0) is 10.0 Å². The predicted molar refractivity (Wildman–Crippen MR) is 82.9 cm³/mol. The molecule has 2 aromatic heterocycles. The number of nitrogens with one attached hydrogen (secondary N) is 2. The molecule has 0 amide bonds. The summed E-state index contributed by atoms with van der Waals surface area (Å²) in [5.74, 6) is 0.318. The van der Waals surface area contributed by atoms with Gasteiger partial charge in [-0.25, -0.2) is 13.4 Å². The third kappa shape index (κ3) is 3.71. The van der Waals surface area contributed by atoms with Crippen LogP contribution in [-0.4, -0.2) is 19.9 Å². The van der Waals surface area contributed by atoms with Gasteiger partial charge in [-0.15, -0.1) is 11.3 Å². The maximum Gasteiger partial charge on any atom is 0.272 e. The fourth-order valence-electron chi connectivity index (χ4n) is 1.57. The van der Waals surface area contributed by atoms with E-state index >= 15 is 0 Å². The van der Waals surface area contributed by atoms with Gasteiger partial charge in [-0.05, 0) is 37.6 Å². The van der Waals surface area contributed by atoms with Crippen molar-refractivity contribution in [3.05, 3.63) is 35.3 Å². The van der Waals surface area contributed by atoms with Crippen molar-refractivity contribution >= 4 is 32.9 Å². The third-order valence-corrected chi connectivity index (χ3v) is 5.41. The van der Waals surface area contributed by atoms with Crippen LogP contribution < -0.4 is 10.0 Å². The average Bonchev–Trinajstić information content (AvgIpc) is 2.85. The van der Waals surface area contributed by atoms with Crippen molar-refractivity contribution in [2.75, 3.05) is 16.6 Å². The topological polar surface area (TPSA) is 71.1 Å². The van der Waals surface area contributed by atoms with E-state index in [1.165, 1.54) is 11.3 Å². The first-order chi connectivity index (χ1) is 9.51. The lowest BCUT2D eigenvalue weighted by atomic mass is 10.4. The molecule has 20 heavy (non-hydrogen) atoms. The lowest BCUT2D eigenvalue weighted by Gasteiger charge is -2.07.